The number of sulfonamides is 1. The van der Waals surface area contributed by atoms with Crippen LogP contribution in [0.3, 0.4) is 0 Å². The Hall–Kier alpha value is -2.16. The van der Waals surface area contributed by atoms with Gasteiger partial charge in [-0.3, -0.25) is 4.79 Å². The van der Waals surface area contributed by atoms with Gasteiger partial charge in [-0.2, -0.15) is 4.31 Å². The molecule has 1 N–H and O–H groups in total. The summed E-state index contributed by atoms with van der Waals surface area (Å²) in [6.07, 6.45) is 1.47. The molecule has 1 amide bonds. The smallest absolute Gasteiger partial charge is 0.272 e. The number of hydrogen-bond donors (Lipinski definition) is 1. The minimum Gasteiger partial charge on any atom is -0.379 e. The van der Waals surface area contributed by atoms with E-state index in [1.807, 2.05) is 32.0 Å². The molecule has 0 atom stereocenters. The zero-order valence-corrected chi connectivity index (χ0v) is 16.0. The van der Waals surface area contributed by atoms with Crippen LogP contribution in [0.5, 0.6) is 0 Å². The number of nitrogens with zero attached hydrogens (tertiary/aromatic N) is 2. The Morgan fingerprint density at radius 2 is 1.69 bits per heavy atom. The third-order valence-corrected chi connectivity index (χ3v) is 6.16. The SMILES string of the molecule is Cc1cc(C)cc(NC(=O)c2cc(S(=O)(=O)N3CCOCC3)cn2C)c1. The molecule has 1 aromatic carbocycles. The van der Waals surface area contributed by atoms with Crippen LogP contribution in [-0.4, -0.2) is 49.5 Å². The maximum absolute atomic E-state index is 12.7. The number of carbonyl (C=O) groups is 1. The summed E-state index contributed by atoms with van der Waals surface area (Å²) in [4.78, 5) is 12.7. The summed E-state index contributed by atoms with van der Waals surface area (Å²) in [5.74, 6) is -0.346. The van der Waals surface area contributed by atoms with Crippen LogP contribution in [0, 0.1) is 13.8 Å². The Morgan fingerprint density at radius 3 is 2.31 bits per heavy atom. The molecule has 3 rings (SSSR count). The van der Waals surface area contributed by atoms with Crippen molar-refractivity contribution in [3.8, 4) is 0 Å². The first-order chi connectivity index (χ1) is 12.3. The van der Waals surface area contributed by atoms with Crippen molar-refractivity contribution in [3.63, 3.8) is 0 Å². The predicted molar refractivity (Wildman–Crippen MR) is 98.9 cm³/mol. The molecule has 0 spiro atoms. The van der Waals surface area contributed by atoms with Crippen molar-refractivity contribution >= 4 is 21.6 Å². The molecule has 0 radical (unpaired) electrons. The Kier molecular flexibility index (Phi) is 5.17. The summed E-state index contributed by atoms with van der Waals surface area (Å²) in [5.41, 5.74) is 3.06. The zero-order chi connectivity index (χ0) is 18.9. The van der Waals surface area contributed by atoms with Crippen LogP contribution in [0.25, 0.3) is 0 Å². The van der Waals surface area contributed by atoms with Gasteiger partial charge in [0.2, 0.25) is 10.0 Å². The van der Waals surface area contributed by atoms with Gasteiger partial charge in [0, 0.05) is 32.0 Å². The minimum atomic E-state index is -3.63. The van der Waals surface area contributed by atoms with E-state index in [4.69, 9.17) is 4.74 Å². The van der Waals surface area contributed by atoms with Crippen molar-refractivity contribution in [2.24, 2.45) is 7.05 Å². The highest BCUT2D eigenvalue weighted by Crippen LogP contribution is 2.21. The first-order valence-electron chi connectivity index (χ1n) is 8.41. The summed E-state index contributed by atoms with van der Waals surface area (Å²) >= 11 is 0. The van der Waals surface area contributed by atoms with Crippen molar-refractivity contribution in [1.82, 2.24) is 8.87 Å². The van der Waals surface area contributed by atoms with Gasteiger partial charge in [-0.25, -0.2) is 8.42 Å². The molecule has 2 heterocycles. The van der Waals surface area contributed by atoms with Gasteiger partial charge in [0.05, 0.1) is 13.2 Å². The fourth-order valence-electron chi connectivity index (χ4n) is 3.08. The van der Waals surface area contributed by atoms with E-state index in [0.717, 1.165) is 11.1 Å². The predicted octanol–water partition coefficient (Wildman–Crippen LogP) is 1.92. The molecular weight excluding hydrogens is 354 g/mol. The number of aryl methyl sites for hydroxylation is 3. The molecule has 140 valence electrons. The number of nitrogens with one attached hydrogen (secondary N) is 1. The Morgan fingerprint density at radius 1 is 1.08 bits per heavy atom. The number of rotatable bonds is 4. The molecule has 7 nitrogen and oxygen atoms in total. The molecule has 0 unspecified atom stereocenters. The van der Waals surface area contributed by atoms with Crippen LogP contribution in [-0.2, 0) is 21.8 Å². The lowest BCUT2D eigenvalue weighted by Crippen LogP contribution is -2.40. The van der Waals surface area contributed by atoms with Gasteiger partial charge < -0.3 is 14.6 Å². The van der Waals surface area contributed by atoms with Crippen molar-refractivity contribution < 1.29 is 17.9 Å². The van der Waals surface area contributed by atoms with E-state index in [0.29, 0.717) is 32.0 Å². The van der Waals surface area contributed by atoms with Crippen LogP contribution in [0.1, 0.15) is 21.6 Å². The molecule has 0 saturated carbocycles. The van der Waals surface area contributed by atoms with Crippen molar-refractivity contribution in [2.75, 3.05) is 31.6 Å². The van der Waals surface area contributed by atoms with E-state index in [9.17, 15) is 13.2 Å². The summed E-state index contributed by atoms with van der Waals surface area (Å²) in [6.45, 7) is 5.32. The summed E-state index contributed by atoms with van der Waals surface area (Å²) in [5, 5.41) is 2.84. The van der Waals surface area contributed by atoms with Gasteiger partial charge in [-0.05, 0) is 43.2 Å². The quantitative estimate of drug-likeness (QED) is 0.883. The molecule has 8 heteroatoms. The highest BCUT2D eigenvalue weighted by Gasteiger charge is 2.28. The van der Waals surface area contributed by atoms with Crippen molar-refractivity contribution in [3.05, 3.63) is 47.3 Å². The second-order valence-electron chi connectivity index (χ2n) is 6.52. The number of benzene rings is 1. The molecule has 1 fully saturated rings. The van der Waals surface area contributed by atoms with Crippen molar-refractivity contribution in [2.45, 2.75) is 18.7 Å². The Bertz CT molecular complexity index is 908. The molecule has 26 heavy (non-hydrogen) atoms. The third-order valence-electron chi connectivity index (χ3n) is 4.30. The number of ether oxygens (including phenoxy) is 1. The number of aromatic nitrogens is 1. The average molecular weight is 377 g/mol. The number of hydrogen-bond acceptors (Lipinski definition) is 4. The van der Waals surface area contributed by atoms with Gasteiger partial charge >= 0.3 is 0 Å². The van der Waals surface area contributed by atoms with Gasteiger partial charge in [0.25, 0.3) is 5.91 Å². The maximum atomic E-state index is 12.7. The van der Waals surface area contributed by atoms with E-state index in [1.165, 1.54) is 21.1 Å². The Labute approximate surface area is 153 Å². The minimum absolute atomic E-state index is 0.118. The lowest BCUT2D eigenvalue weighted by atomic mass is 10.1. The van der Waals surface area contributed by atoms with Crippen LogP contribution in [0.2, 0.25) is 0 Å². The number of carbonyl (C=O) groups excluding carboxylic acids is 1. The van der Waals surface area contributed by atoms with E-state index < -0.39 is 10.0 Å². The molecule has 1 aromatic heterocycles. The summed E-state index contributed by atoms with van der Waals surface area (Å²) < 4.78 is 33.6. The van der Waals surface area contributed by atoms with E-state index in [-0.39, 0.29) is 16.5 Å². The topological polar surface area (TPSA) is 80.6 Å². The number of anilines is 1. The lowest BCUT2D eigenvalue weighted by molar-refractivity contribution is 0.0730. The van der Waals surface area contributed by atoms with Gasteiger partial charge in [-0.1, -0.05) is 6.07 Å². The third kappa shape index (κ3) is 3.82. The van der Waals surface area contributed by atoms with Crippen LogP contribution in [0.15, 0.2) is 35.4 Å². The molecule has 1 aliphatic heterocycles. The van der Waals surface area contributed by atoms with Gasteiger partial charge in [0.1, 0.15) is 10.6 Å². The van der Waals surface area contributed by atoms with E-state index in [2.05, 4.69) is 5.32 Å². The van der Waals surface area contributed by atoms with Crippen LogP contribution in [0.4, 0.5) is 5.69 Å². The first kappa shape index (κ1) is 18.6. The number of morpholine rings is 1. The van der Waals surface area contributed by atoms with Gasteiger partial charge in [0.15, 0.2) is 0 Å². The van der Waals surface area contributed by atoms with Gasteiger partial charge in [-0.15, -0.1) is 0 Å². The first-order valence-corrected chi connectivity index (χ1v) is 9.85. The monoisotopic (exact) mass is 377 g/mol. The van der Waals surface area contributed by atoms with Crippen LogP contribution < -0.4 is 5.32 Å². The molecule has 1 aliphatic rings. The molecule has 0 bridgehead atoms. The highest BCUT2D eigenvalue weighted by molar-refractivity contribution is 7.89. The average Bonchev–Trinajstić information content (AvgIpc) is 2.97. The zero-order valence-electron chi connectivity index (χ0n) is 15.2. The molecule has 1 saturated heterocycles. The molecular formula is C18H23N3O4S. The standard InChI is InChI=1S/C18H23N3O4S/c1-13-8-14(2)10-15(9-13)19-18(22)17-11-16(12-20(17)3)26(23,24)21-4-6-25-7-5-21/h8-12H,4-7H2,1-3H3,(H,19,22). The summed E-state index contributed by atoms with van der Waals surface area (Å²) in [6, 6.07) is 7.19. The maximum Gasteiger partial charge on any atom is 0.272 e. The van der Waals surface area contributed by atoms with E-state index in [1.54, 1.807) is 7.05 Å². The van der Waals surface area contributed by atoms with Crippen molar-refractivity contribution in [1.29, 1.82) is 0 Å². The summed E-state index contributed by atoms with van der Waals surface area (Å²) in [7, 11) is -1.97. The van der Waals surface area contributed by atoms with Crippen LogP contribution >= 0.6 is 0 Å². The molecule has 2 aromatic rings. The largest absolute Gasteiger partial charge is 0.379 e. The van der Waals surface area contributed by atoms with E-state index >= 15 is 0 Å². The normalized spacial score (nSPS) is 15.8. The highest BCUT2D eigenvalue weighted by atomic mass is 32.2. The fraction of sp³-hybridized carbons (Fsp3) is 0.389. The second kappa shape index (κ2) is 7.22. The fourth-order valence-corrected chi connectivity index (χ4v) is 4.56. The lowest BCUT2D eigenvalue weighted by Gasteiger charge is -2.25. The molecule has 0 aliphatic carbocycles. The number of amides is 1. The Balaban J connectivity index is 1.84. The second-order valence-corrected chi connectivity index (χ2v) is 8.46.